The average Bonchev–Trinajstić information content (AvgIpc) is 2.97. The van der Waals surface area contributed by atoms with Crippen molar-refractivity contribution in [3.05, 3.63) is 29.3 Å². The molecule has 2 saturated heterocycles. The van der Waals surface area contributed by atoms with Crippen molar-refractivity contribution in [3.63, 3.8) is 0 Å². The van der Waals surface area contributed by atoms with Gasteiger partial charge in [-0.3, -0.25) is 4.79 Å². The molecule has 2 saturated carbocycles. The summed E-state index contributed by atoms with van der Waals surface area (Å²) in [6.45, 7) is 2.11. The highest BCUT2D eigenvalue weighted by molar-refractivity contribution is 7.18. The maximum absolute atomic E-state index is 13.1. The number of hydrogen-bond donors (Lipinski definition) is 1. The molecule has 5 heteroatoms. The monoisotopic (exact) mass is 356 g/mol. The largest absolute Gasteiger partial charge is 0.390 e. The van der Waals surface area contributed by atoms with E-state index in [9.17, 15) is 9.90 Å². The van der Waals surface area contributed by atoms with Gasteiger partial charge >= 0.3 is 0 Å². The summed E-state index contributed by atoms with van der Waals surface area (Å²) in [5.74, 6) is 1.02. The number of para-hydroxylation sites is 1. The van der Waals surface area contributed by atoms with Gasteiger partial charge in [-0.1, -0.05) is 19.1 Å². The lowest BCUT2D eigenvalue weighted by Crippen LogP contribution is -2.65. The van der Waals surface area contributed by atoms with E-state index in [0.717, 1.165) is 42.6 Å². The van der Waals surface area contributed by atoms with Gasteiger partial charge in [-0.2, -0.15) is 0 Å². The molecule has 4 aliphatic rings. The van der Waals surface area contributed by atoms with Crippen LogP contribution in [0.4, 0.5) is 0 Å². The molecule has 3 heterocycles. The Hall–Kier alpha value is -1.46. The molecule has 132 valence electrons. The van der Waals surface area contributed by atoms with Crippen molar-refractivity contribution in [2.45, 2.75) is 69.1 Å². The van der Waals surface area contributed by atoms with Crippen molar-refractivity contribution < 1.29 is 9.90 Å². The molecule has 1 amide bonds. The van der Waals surface area contributed by atoms with Gasteiger partial charge in [0.15, 0.2) is 0 Å². The summed E-state index contributed by atoms with van der Waals surface area (Å²) in [6.07, 6.45) is 5.20. The van der Waals surface area contributed by atoms with Crippen molar-refractivity contribution >= 4 is 27.5 Å². The van der Waals surface area contributed by atoms with Crippen LogP contribution >= 0.6 is 11.3 Å². The summed E-state index contributed by atoms with van der Waals surface area (Å²) >= 11 is 1.70. The number of rotatable bonds is 3. The van der Waals surface area contributed by atoms with Gasteiger partial charge in [-0.15, -0.1) is 11.3 Å². The number of benzene rings is 1. The van der Waals surface area contributed by atoms with Gasteiger partial charge in [0, 0.05) is 24.4 Å². The van der Waals surface area contributed by atoms with Gasteiger partial charge in [0.2, 0.25) is 5.91 Å². The molecular weight excluding hydrogens is 332 g/mol. The lowest BCUT2D eigenvalue weighted by Gasteiger charge is -2.59. The van der Waals surface area contributed by atoms with Crippen LogP contribution in [0.1, 0.15) is 56.4 Å². The number of thiazole rings is 1. The van der Waals surface area contributed by atoms with Crippen molar-refractivity contribution in [1.29, 1.82) is 0 Å². The number of amides is 1. The predicted molar refractivity (Wildman–Crippen MR) is 98.6 cm³/mol. The van der Waals surface area contributed by atoms with Crippen molar-refractivity contribution in [2.24, 2.45) is 5.92 Å². The summed E-state index contributed by atoms with van der Waals surface area (Å²) in [4.78, 5) is 19.9. The fraction of sp³-hybridized carbons (Fsp3) is 0.600. The summed E-state index contributed by atoms with van der Waals surface area (Å²) in [6, 6.07) is 8.67. The number of nitrogens with zero attached hydrogens (tertiary/aromatic N) is 2. The van der Waals surface area contributed by atoms with E-state index in [4.69, 9.17) is 4.98 Å². The number of piperidine rings is 2. The standard InChI is InChI=1S/C20H24N2O2S/c1-12(19-21-16-4-2-3-5-17(16)25-19)6-18(23)22-14-7-13-8-15(22)11-20(24,9-13)10-14/h2-5,12-15,24H,6-11H2,1H3/t12-,13?,14?,15?,20?/m1/s1. The Kier molecular flexibility index (Phi) is 3.48. The highest BCUT2D eigenvalue weighted by atomic mass is 32.1. The molecule has 2 aliphatic heterocycles. The highest BCUT2D eigenvalue weighted by Gasteiger charge is 2.54. The van der Waals surface area contributed by atoms with E-state index in [1.165, 1.54) is 4.70 Å². The normalized spacial score (nSPS) is 34.6. The number of carbonyl (C=O) groups is 1. The second kappa shape index (κ2) is 5.52. The molecule has 0 spiro atoms. The molecule has 3 atom stereocenters. The quantitative estimate of drug-likeness (QED) is 0.912. The van der Waals surface area contributed by atoms with E-state index < -0.39 is 5.60 Å². The number of aromatic nitrogens is 1. The van der Waals surface area contributed by atoms with Gasteiger partial charge in [-0.05, 0) is 50.2 Å². The third-order valence-corrected chi connectivity index (χ3v) is 7.67. The van der Waals surface area contributed by atoms with E-state index in [-0.39, 0.29) is 23.9 Å². The molecule has 2 aromatic rings. The van der Waals surface area contributed by atoms with Gasteiger partial charge in [0.1, 0.15) is 0 Å². The van der Waals surface area contributed by atoms with Gasteiger partial charge in [0.25, 0.3) is 0 Å². The number of carbonyl (C=O) groups excluding carboxylic acids is 1. The summed E-state index contributed by atoms with van der Waals surface area (Å²) in [5.41, 5.74) is 0.533. The van der Waals surface area contributed by atoms with Gasteiger partial charge in [0.05, 0.1) is 20.8 Å². The van der Waals surface area contributed by atoms with E-state index >= 15 is 0 Å². The highest BCUT2D eigenvalue weighted by Crippen LogP contribution is 2.51. The van der Waals surface area contributed by atoms with Crippen LogP contribution in [0.15, 0.2) is 24.3 Å². The molecule has 2 unspecified atom stereocenters. The number of fused-ring (bicyclic) bond motifs is 1. The minimum atomic E-state index is -0.494. The Labute approximate surface area is 151 Å². The molecule has 2 aliphatic carbocycles. The van der Waals surface area contributed by atoms with Crippen molar-refractivity contribution in [1.82, 2.24) is 9.88 Å². The minimum Gasteiger partial charge on any atom is -0.390 e. The van der Waals surface area contributed by atoms with Crippen LogP contribution in [0, 0.1) is 5.92 Å². The van der Waals surface area contributed by atoms with Gasteiger partial charge in [-0.25, -0.2) is 4.98 Å². The summed E-state index contributed by atoms with van der Waals surface area (Å²) in [5, 5.41) is 11.8. The van der Waals surface area contributed by atoms with E-state index in [2.05, 4.69) is 17.9 Å². The average molecular weight is 356 g/mol. The van der Waals surface area contributed by atoms with Gasteiger partial charge < -0.3 is 10.0 Å². The third kappa shape index (κ3) is 2.59. The molecule has 1 N–H and O–H groups in total. The maximum Gasteiger partial charge on any atom is 0.223 e. The number of aliphatic hydroxyl groups is 1. The first kappa shape index (κ1) is 15.8. The van der Waals surface area contributed by atoms with Crippen molar-refractivity contribution in [2.75, 3.05) is 0 Å². The second-order valence-corrected chi connectivity index (χ2v) is 9.47. The Morgan fingerprint density at radius 3 is 2.72 bits per heavy atom. The number of hydrogen-bond acceptors (Lipinski definition) is 4. The first-order valence-electron chi connectivity index (χ1n) is 9.40. The smallest absolute Gasteiger partial charge is 0.223 e. The van der Waals surface area contributed by atoms with Crippen LogP contribution in [0.3, 0.4) is 0 Å². The third-order valence-electron chi connectivity index (χ3n) is 6.40. The van der Waals surface area contributed by atoms with E-state index in [0.29, 0.717) is 12.3 Å². The molecule has 6 rings (SSSR count). The zero-order valence-corrected chi connectivity index (χ0v) is 15.3. The molecule has 4 fully saturated rings. The first-order valence-corrected chi connectivity index (χ1v) is 10.2. The summed E-state index contributed by atoms with van der Waals surface area (Å²) < 4.78 is 1.19. The Balaban J connectivity index is 1.33. The summed E-state index contributed by atoms with van der Waals surface area (Å²) in [7, 11) is 0. The van der Waals surface area contributed by atoms with Crippen LogP contribution in [-0.4, -0.2) is 38.6 Å². The van der Waals surface area contributed by atoms with Crippen molar-refractivity contribution in [3.8, 4) is 0 Å². The van der Waals surface area contributed by atoms with E-state index in [1.54, 1.807) is 11.3 Å². The van der Waals surface area contributed by atoms with Crippen LogP contribution < -0.4 is 0 Å². The van der Waals surface area contributed by atoms with Crippen LogP contribution in [0.5, 0.6) is 0 Å². The Morgan fingerprint density at radius 1 is 1.32 bits per heavy atom. The molecule has 4 bridgehead atoms. The predicted octanol–water partition coefficient (Wildman–Crippen LogP) is 3.69. The van der Waals surface area contributed by atoms with Crippen LogP contribution in [-0.2, 0) is 4.79 Å². The fourth-order valence-corrected chi connectivity index (χ4v) is 6.57. The Morgan fingerprint density at radius 2 is 2.04 bits per heavy atom. The topological polar surface area (TPSA) is 53.4 Å². The molecule has 1 aromatic carbocycles. The Bertz CT molecular complexity index is 783. The zero-order valence-electron chi connectivity index (χ0n) is 14.5. The maximum atomic E-state index is 13.1. The zero-order chi connectivity index (χ0) is 17.2. The van der Waals surface area contributed by atoms with Crippen LogP contribution in [0.25, 0.3) is 10.2 Å². The second-order valence-electron chi connectivity index (χ2n) is 8.41. The molecular formula is C20H24N2O2S. The first-order chi connectivity index (χ1) is 12.0. The fourth-order valence-electron chi connectivity index (χ4n) is 5.55. The van der Waals surface area contributed by atoms with Crippen LogP contribution in [0.2, 0.25) is 0 Å². The minimum absolute atomic E-state index is 0.144. The SMILES string of the molecule is C[C@H](CC(=O)N1C2CC3CC1CC(O)(C3)C2)c1nc2ccccc2s1. The molecule has 25 heavy (non-hydrogen) atoms. The molecule has 1 aromatic heterocycles. The molecule has 0 radical (unpaired) electrons. The molecule has 4 nitrogen and oxygen atoms in total. The van der Waals surface area contributed by atoms with E-state index in [1.807, 2.05) is 18.2 Å². The lowest BCUT2D eigenvalue weighted by molar-refractivity contribution is -0.174. The lowest BCUT2D eigenvalue weighted by atomic mass is 9.61.